The highest BCUT2D eigenvalue weighted by molar-refractivity contribution is 5.96. The molecule has 14 heteroatoms. The molecule has 0 aliphatic carbocycles. The fraction of sp³-hybridized carbons (Fsp3) is 0.700. The molecule has 1 aliphatic heterocycles. The van der Waals surface area contributed by atoms with Gasteiger partial charge in [-0.15, -0.1) is 0 Å². The van der Waals surface area contributed by atoms with Crippen LogP contribution in [0, 0.1) is 0 Å². The van der Waals surface area contributed by atoms with Gasteiger partial charge in [-0.25, -0.2) is 4.79 Å². The van der Waals surface area contributed by atoms with Gasteiger partial charge in [0.2, 0.25) is 23.6 Å². The normalized spacial score (nSPS) is 17.9. The Morgan fingerprint density at radius 2 is 1.59 bits per heavy atom. The van der Waals surface area contributed by atoms with Crippen LogP contribution in [-0.2, 0) is 28.8 Å². The average molecular weight is 488 g/mol. The van der Waals surface area contributed by atoms with Crippen LogP contribution >= 0.6 is 0 Å². The molecular weight excluding hydrogens is 454 g/mol. The zero-order valence-electron chi connectivity index (χ0n) is 19.0. The van der Waals surface area contributed by atoms with Crippen molar-refractivity contribution in [3.8, 4) is 0 Å². The summed E-state index contributed by atoms with van der Waals surface area (Å²) in [7, 11) is 0. The average Bonchev–Trinajstić information content (AvgIpc) is 3.25. The number of aliphatic hydroxyl groups is 1. The number of nitrogens with one attached hydrogen (secondary N) is 3. The summed E-state index contributed by atoms with van der Waals surface area (Å²) in [5.74, 6) is -5.80. The molecule has 0 unspecified atom stereocenters. The summed E-state index contributed by atoms with van der Waals surface area (Å²) in [6.07, 6.45) is 1.02. The smallest absolute Gasteiger partial charge is 0.326 e. The number of nitrogens with zero attached hydrogens (tertiary/aromatic N) is 1. The standard InChI is InChI=1S/C20H33N5O9/c1-11(27)22-14(10-26)18(31)24-13(9-16(28)29)17(30)23-12(5-2-3-7-21)19(32)25-8-4-6-15(25)20(33)34/h12-15,26H,2-10,21H2,1H3,(H,22,27)(H,23,30)(H,24,31)(H,28,29)(H,33,34)/t12-,13+,14+,15-/m0/s1. The first-order valence-electron chi connectivity index (χ1n) is 11.0. The number of unbranched alkanes of at least 4 members (excludes halogenated alkanes) is 1. The predicted octanol–water partition coefficient (Wildman–Crippen LogP) is -2.87. The highest BCUT2D eigenvalue weighted by Crippen LogP contribution is 2.20. The molecule has 14 nitrogen and oxygen atoms in total. The van der Waals surface area contributed by atoms with Crippen molar-refractivity contribution in [2.24, 2.45) is 5.73 Å². The first-order chi connectivity index (χ1) is 16.0. The van der Waals surface area contributed by atoms with E-state index in [1.807, 2.05) is 0 Å². The van der Waals surface area contributed by atoms with Gasteiger partial charge in [0, 0.05) is 13.5 Å². The molecule has 0 bridgehead atoms. The van der Waals surface area contributed by atoms with Crippen molar-refractivity contribution in [1.82, 2.24) is 20.9 Å². The molecule has 192 valence electrons. The quantitative estimate of drug-likeness (QED) is 0.124. The molecule has 4 amide bonds. The van der Waals surface area contributed by atoms with E-state index in [-0.39, 0.29) is 19.4 Å². The van der Waals surface area contributed by atoms with Crippen LogP contribution < -0.4 is 21.7 Å². The summed E-state index contributed by atoms with van der Waals surface area (Å²) in [6, 6.07) is -5.22. The first kappa shape index (κ1) is 28.8. The minimum absolute atomic E-state index is 0.128. The van der Waals surface area contributed by atoms with Crippen LogP contribution in [0.5, 0.6) is 0 Å². The Hall–Kier alpha value is -3.26. The second-order valence-corrected chi connectivity index (χ2v) is 7.97. The van der Waals surface area contributed by atoms with E-state index in [0.717, 1.165) is 6.92 Å². The van der Waals surface area contributed by atoms with Crippen molar-refractivity contribution >= 4 is 35.6 Å². The number of carbonyl (C=O) groups is 6. The number of rotatable bonds is 14. The molecule has 0 aromatic rings. The maximum Gasteiger partial charge on any atom is 0.326 e. The Morgan fingerprint density at radius 3 is 2.12 bits per heavy atom. The third kappa shape index (κ3) is 8.94. The van der Waals surface area contributed by atoms with E-state index in [2.05, 4.69) is 16.0 Å². The number of carboxylic acid groups (broad SMARTS) is 2. The molecule has 0 radical (unpaired) electrons. The van der Waals surface area contributed by atoms with Crippen molar-refractivity contribution in [1.29, 1.82) is 0 Å². The fourth-order valence-corrected chi connectivity index (χ4v) is 3.61. The van der Waals surface area contributed by atoms with E-state index in [4.69, 9.17) is 10.8 Å². The maximum absolute atomic E-state index is 13.1. The lowest BCUT2D eigenvalue weighted by Crippen LogP contribution is -2.58. The number of nitrogens with two attached hydrogens (primary N) is 1. The summed E-state index contributed by atoms with van der Waals surface area (Å²) in [4.78, 5) is 73.4. The van der Waals surface area contributed by atoms with E-state index >= 15 is 0 Å². The Kier molecular flexibility index (Phi) is 11.9. The number of hydrogen-bond acceptors (Lipinski definition) is 8. The van der Waals surface area contributed by atoms with Gasteiger partial charge in [-0.1, -0.05) is 0 Å². The lowest BCUT2D eigenvalue weighted by Gasteiger charge is -2.29. The van der Waals surface area contributed by atoms with Crippen molar-refractivity contribution < 1.29 is 44.1 Å². The van der Waals surface area contributed by atoms with Gasteiger partial charge < -0.3 is 41.9 Å². The Balaban J connectivity index is 3.03. The molecule has 1 heterocycles. The van der Waals surface area contributed by atoms with Crippen molar-refractivity contribution in [3.63, 3.8) is 0 Å². The minimum Gasteiger partial charge on any atom is -0.481 e. The van der Waals surface area contributed by atoms with Crippen molar-refractivity contribution in [2.45, 2.75) is 69.6 Å². The highest BCUT2D eigenvalue weighted by atomic mass is 16.4. The van der Waals surface area contributed by atoms with Crippen LogP contribution in [0.1, 0.15) is 45.4 Å². The largest absolute Gasteiger partial charge is 0.481 e. The van der Waals surface area contributed by atoms with E-state index in [9.17, 15) is 39.0 Å². The molecule has 4 atom stereocenters. The summed E-state index contributed by atoms with van der Waals surface area (Å²) in [6.45, 7) is 0.846. The zero-order valence-corrected chi connectivity index (χ0v) is 19.0. The molecular formula is C20H33N5O9. The number of carbonyl (C=O) groups excluding carboxylic acids is 4. The van der Waals surface area contributed by atoms with Crippen LogP contribution in [0.15, 0.2) is 0 Å². The Labute approximate surface area is 196 Å². The number of hydrogen-bond donors (Lipinski definition) is 7. The van der Waals surface area contributed by atoms with Gasteiger partial charge in [0.15, 0.2) is 0 Å². The number of aliphatic carboxylic acids is 2. The monoisotopic (exact) mass is 487 g/mol. The van der Waals surface area contributed by atoms with Gasteiger partial charge in [-0.2, -0.15) is 0 Å². The molecule has 1 aliphatic rings. The summed E-state index contributed by atoms with van der Waals surface area (Å²) < 4.78 is 0. The SMILES string of the molecule is CC(=O)N[C@H](CO)C(=O)N[C@H](CC(=O)O)C(=O)N[C@@H](CCCCN)C(=O)N1CCC[C@H]1C(=O)O. The van der Waals surface area contributed by atoms with Crippen LogP contribution in [0.3, 0.4) is 0 Å². The number of amides is 4. The number of carboxylic acids is 2. The fourth-order valence-electron chi connectivity index (χ4n) is 3.61. The summed E-state index contributed by atoms with van der Waals surface area (Å²) in [5, 5.41) is 34.6. The van der Waals surface area contributed by atoms with Gasteiger partial charge in [0.1, 0.15) is 24.2 Å². The topological polar surface area (TPSA) is 228 Å². The number of aliphatic hydroxyl groups excluding tert-OH is 1. The van der Waals surface area contributed by atoms with Gasteiger partial charge in [0.05, 0.1) is 13.0 Å². The van der Waals surface area contributed by atoms with Gasteiger partial charge in [-0.05, 0) is 38.6 Å². The number of likely N-dealkylation sites (tertiary alicyclic amines) is 1. The molecule has 0 aromatic carbocycles. The molecule has 34 heavy (non-hydrogen) atoms. The Morgan fingerprint density at radius 1 is 0.971 bits per heavy atom. The maximum atomic E-state index is 13.1. The van der Waals surface area contributed by atoms with Gasteiger partial charge in [-0.3, -0.25) is 24.0 Å². The second kappa shape index (κ2) is 14.1. The molecule has 0 aromatic heterocycles. The third-order valence-electron chi connectivity index (χ3n) is 5.27. The molecule has 0 saturated carbocycles. The van der Waals surface area contributed by atoms with Gasteiger partial charge in [0.25, 0.3) is 0 Å². The van der Waals surface area contributed by atoms with Gasteiger partial charge >= 0.3 is 11.9 Å². The van der Waals surface area contributed by atoms with E-state index in [1.54, 1.807) is 0 Å². The van der Waals surface area contributed by atoms with Crippen molar-refractivity contribution in [2.75, 3.05) is 19.7 Å². The lowest BCUT2D eigenvalue weighted by atomic mass is 10.1. The third-order valence-corrected chi connectivity index (χ3v) is 5.27. The Bertz CT molecular complexity index is 776. The van der Waals surface area contributed by atoms with E-state index in [1.165, 1.54) is 4.90 Å². The lowest BCUT2D eigenvalue weighted by molar-refractivity contribution is -0.149. The van der Waals surface area contributed by atoms with Crippen LogP contribution in [-0.4, -0.2) is 99.7 Å². The highest BCUT2D eigenvalue weighted by Gasteiger charge is 2.38. The second-order valence-electron chi connectivity index (χ2n) is 7.97. The zero-order chi connectivity index (χ0) is 25.8. The predicted molar refractivity (Wildman–Crippen MR) is 116 cm³/mol. The van der Waals surface area contributed by atoms with Crippen LogP contribution in [0.4, 0.5) is 0 Å². The molecule has 1 rings (SSSR count). The van der Waals surface area contributed by atoms with Crippen LogP contribution in [0.25, 0.3) is 0 Å². The van der Waals surface area contributed by atoms with Crippen molar-refractivity contribution in [3.05, 3.63) is 0 Å². The first-order valence-corrected chi connectivity index (χ1v) is 11.0. The summed E-state index contributed by atoms with van der Waals surface area (Å²) >= 11 is 0. The molecule has 8 N–H and O–H groups in total. The van der Waals surface area contributed by atoms with Crippen LogP contribution in [0.2, 0.25) is 0 Å². The van der Waals surface area contributed by atoms with E-state index < -0.39 is 72.8 Å². The molecule has 0 spiro atoms. The molecule has 1 fully saturated rings. The van der Waals surface area contributed by atoms with E-state index in [0.29, 0.717) is 25.8 Å². The molecule has 1 saturated heterocycles. The summed E-state index contributed by atoms with van der Waals surface area (Å²) in [5.41, 5.74) is 5.49. The minimum atomic E-state index is -1.62.